The Morgan fingerprint density at radius 2 is 1.73 bits per heavy atom. The quantitative estimate of drug-likeness (QED) is 0.235. The van der Waals surface area contributed by atoms with Gasteiger partial charge in [-0.15, -0.1) is 0 Å². The van der Waals surface area contributed by atoms with E-state index in [1.165, 1.54) is 0 Å². The average Bonchev–Trinajstić information content (AvgIpc) is 2.77. The number of rotatable bonds is 12. The second-order valence-electron chi connectivity index (χ2n) is 10.4. The third kappa shape index (κ3) is 8.15. The van der Waals surface area contributed by atoms with Crippen molar-refractivity contribution < 1.29 is 19.1 Å². The minimum atomic E-state index is -0.619. The molecule has 1 aliphatic heterocycles. The zero-order valence-electron chi connectivity index (χ0n) is 21.7. The third-order valence-electron chi connectivity index (χ3n) is 6.65. The number of hydrogen-bond donors (Lipinski definition) is 0. The van der Waals surface area contributed by atoms with Crippen molar-refractivity contribution in [2.45, 2.75) is 116 Å². The minimum absolute atomic E-state index is 0.0975. The molecule has 2 atom stereocenters. The summed E-state index contributed by atoms with van der Waals surface area (Å²) in [5.74, 6) is 0. The van der Waals surface area contributed by atoms with Crippen LogP contribution in [0.3, 0.4) is 0 Å². The van der Waals surface area contributed by atoms with E-state index in [9.17, 15) is 4.79 Å². The lowest BCUT2D eigenvalue weighted by molar-refractivity contribution is -0.311. The molecule has 1 aromatic carbocycles. The fraction of sp³-hybridized carbons (Fsp3) is 0.679. The van der Waals surface area contributed by atoms with Crippen molar-refractivity contribution in [2.75, 3.05) is 6.61 Å². The van der Waals surface area contributed by atoms with E-state index in [0.717, 1.165) is 62.5 Å². The molecule has 0 bridgehead atoms. The highest BCUT2D eigenvalue weighted by Crippen LogP contribution is 2.40. The van der Waals surface area contributed by atoms with Crippen LogP contribution < -0.4 is 0 Å². The third-order valence-corrected chi connectivity index (χ3v) is 6.65. The number of carbonyl (C=O) groups is 1. The van der Waals surface area contributed by atoms with Crippen LogP contribution in [-0.2, 0) is 14.3 Å². The van der Waals surface area contributed by atoms with Gasteiger partial charge in [0, 0.05) is 11.1 Å². The summed E-state index contributed by atoms with van der Waals surface area (Å²) >= 11 is 0. The molecule has 0 N–H and O–H groups in total. The Morgan fingerprint density at radius 1 is 1.09 bits per heavy atom. The van der Waals surface area contributed by atoms with Crippen LogP contribution in [0, 0.1) is 0 Å². The Kier molecular flexibility index (Phi) is 10.4. The summed E-state index contributed by atoms with van der Waals surface area (Å²) in [6.07, 6.45) is 8.95. The highest BCUT2D eigenvalue weighted by Gasteiger charge is 2.44. The Labute approximate surface area is 201 Å². The molecule has 186 valence electrons. The number of benzene rings is 1. The lowest BCUT2D eigenvalue weighted by atomic mass is 9.82. The van der Waals surface area contributed by atoms with Gasteiger partial charge in [0.1, 0.15) is 18.8 Å². The lowest BCUT2D eigenvalue weighted by Crippen LogP contribution is -2.58. The molecule has 1 heterocycles. The number of carbonyl (C=O) groups excluding carboxylic acids is 1. The molecule has 0 saturated carbocycles. The first-order chi connectivity index (χ1) is 15.6. The molecule has 0 aromatic heterocycles. The summed E-state index contributed by atoms with van der Waals surface area (Å²) in [6.45, 7) is 17.0. The van der Waals surface area contributed by atoms with E-state index in [2.05, 4.69) is 46.3 Å². The van der Waals surface area contributed by atoms with Crippen LogP contribution in [0.4, 0.5) is 4.79 Å². The van der Waals surface area contributed by atoms with Crippen molar-refractivity contribution in [1.29, 1.82) is 0 Å². The van der Waals surface area contributed by atoms with Crippen LogP contribution >= 0.6 is 0 Å². The molecule has 0 spiro atoms. The predicted molar refractivity (Wildman–Crippen MR) is 135 cm³/mol. The van der Waals surface area contributed by atoms with Crippen LogP contribution in [0.25, 0.3) is 6.08 Å². The molecule has 5 heteroatoms. The van der Waals surface area contributed by atoms with Crippen LogP contribution in [0.15, 0.2) is 30.8 Å². The molecule has 33 heavy (non-hydrogen) atoms. The molecule has 0 radical (unpaired) electrons. The number of nitrogens with zero attached hydrogens (tertiary/aromatic N) is 1. The van der Waals surface area contributed by atoms with Crippen molar-refractivity contribution in [3.63, 3.8) is 0 Å². The van der Waals surface area contributed by atoms with Gasteiger partial charge in [-0.3, -0.25) is 4.84 Å². The molecular weight excluding hydrogens is 414 g/mol. The molecule has 1 saturated heterocycles. The summed E-state index contributed by atoms with van der Waals surface area (Å²) in [6, 6.07) is 8.04. The maximum absolute atomic E-state index is 12.5. The Balaban J connectivity index is 2.12. The first kappa shape index (κ1) is 27.4. The van der Waals surface area contributed by atoms with Gasteiger partial charge in [-0.2, -0.15) is 5.06 Å². The Morgan fingerprint density at radius 3 is 2.27 bits per heavy atom. The van der Waals surface area contributed by atoms with E-state index >= 15 is 0 Å². The SMILES string of the molecule is C=Cc1ccc(C(COC(=O)OC(CC)CCCCC)ON2C(C)(C)CCCC2(C)C)cc1. The topological polar surface area (TPSA) is 48.0 Å². The maximum Gasteiger partial charge on any atom is 0.508 e. The van der Waals surface area contributed by atoms with Crippen molar-refractivity contribution in [2.24, 2.45) is 0 Å². The zero-order valence-corrected chi connectivity index (χ0v) is 21.7. The molecule has 2 rings (SSSR count). The van der Waals surface area contributed by atoms with Gasteiger partial charge in [0.15, 0.2) is 0 Å². The van der Waals surface area contributed by atoms with Crippen molar-refractivity contribution >= 4 is 12.2 Å². The van der Waals surface area contributed by atoms with E-state index in [1.54, 1.807) is 0 Å². The molecule has 1 aromatic rings. The molecule has 2 unspecified atom stereocenters. The highest BCUT2D eigenvalue weighted by molar-refractivity contribution is 5.60. The monoisotopic (exact) mass is 459 g/mol. The second kappa shape index (κ2) is 12.6. The van der Waals surface area contributed by atoms with Crippen molar-refractivity contribution in [3.05, 3.63) is 42.0 Å². The van der Waals surface area contributed by atoms with Crippen LogP contribution in [-0.4, -0.2) is 35.0 Å². The molecule has 0 aliphatic carbocycles. The second-order valence-corrected chi connectivity index (χ2v) is 10.4. The first-order valence-corrected chi connectivity index (χ1v) is 12.7. The fourth-order valence-corrected chi connectivity index (χ4v) is 4.71. The van der Waals surface area contributed by atoms with Crippen LogP contribution in [0.1, 0.15) is 110 Å². The van der Waals surface area contributed by atoms with E-state index < -0.39 is 12.3 Å². The molecule has 0 amide bonds. The highest BCUT2D eigenvalue weighted by atomic mass is 16.7. The van der Waals surface area contributed by atoms with Gasteiger partial charge in [-0.05, 0) is 77.3 Å². The summed E-state index contributed by atoms with van der Waals surface area (Å²) in [5, 5.41) is 2.11. The molecule has 1 aliphatic rings. The normalized spacial score (nSPS) is 19.5. The standard InChI is InChI=1S/C28H45NO4/c1-8-11-12-14-24(10-3)32-26(30)31-21-25(23-17-15-22(9-2)16-18-23)33-29-27(4,5)19-13-20-28(29,6)7/h9,15-18,24-25H,2,8,10-14,19-21H2,1,3-7H3. The van der Waals surface area contributed by atoms with Gasteiger partial charge in [-0.25, -0.2) is 4.79 Å². The van der Waals surface area contributed by atoms with Crippen molar-refractivity contribution in [1.82, 2.24) is 5.06 Å². The number of hydroxylamine groups is 2. The molecule has 1 fully saturated rings. The molecule has 5 nitrogen and oxygen atoms in total. The van der Waals surface area contributed by atoms with E-state index in [4.69, 9.17) is 14.3 Å². The van der Waals surface area contributed by atoms with Crippen LogP contribution in [0.5, 0.6) is 0 Å². The summed E-state index contributed by atoms with van der Waals surface area (Å²) in [7, 11) is 0. The number of piperidine rings is 1. The Bertz CT molecular complexity index is 725. The van der Waals surface area contributed by atoms with E-state index in [1.807, 2.05) is 37.3 Å². The largest absolute Gasteiger partial charge is 0.508 e. The lowest BCUT2D eigenvalue weighted by Gasteiger charge is -2.52. The van der Waals surface area contributed by atoms with Gasteiger partial charge >= 0.3 is 6.16 Å². The van der Waals surface area contributed by atoms with Gasteiger partial charge < -0.3 is 9.47 Å². The van der Waals surface area contributed by atoms with Crippen LogP contribution in [0.2, 0.25) is 0 Å². The van der Waals surface area contributed by atoms with Gasteiger partial charge in [0.05, 0.1) is 0 Å². The zero-order chi connectivity index (χ0) is 24.5. The van der Waals surface area contributed by atoms with Crippen molar-refractivity contribution in [3.8, 4) is 0 Å². The summed E-state index contributed by atoms with van der Waals surface area (Å²) < 4.78 is 11.2. The number of ether oxygens (including phenoxy) is 2. The molecular formula is C28H45NO4. The van der Waals surface area contributed by atoms with Gasteiger partial charge in [0.25, 0.3) is 0 Å². The Hall–Kier alpha value is -1.85. The number of hydrogen-bond acceptors (Lipinski definition) is 5. The average molecular weight is 460 g/mol. The van der Waals surface area contributed by atoms with Gasteiger partial charge in [-0.1, -0.05) is 63.6 Å². The summed E-state index contributed by atoms with van der Waals surface area (Å²) in [4.78, 5) is 19.1. The van der Waals surface area contributed by atoms with E-state index in [-0.39, 0.29) is 23.8 Å². The van der Waals surface area contributed by atoms with Gasteiger partial charge in [0.2, 0.25) is 0 Å². The fourth-order valence-electron chi connectivity index (χ4n) is 4.71. The maximum atomic E-state index is 12.5. The predicted octanol–water partition coefficient (Wildman–Crippen LogP) is 7.86. The first-order valence-electron chi connectivity index (χ1n) is 12.7. The smallest absolute Gasteiger partial charge is 0.431 e. The summed E-state index contributed by atoms with van der Waals surface area (Å²) in [5.41, 5.74) is 1.76. The minimum Gasteiger partial charge on any atom is -0.431 e. The van der Waals surface area contributed by atoms with E-state index in [0.29, 0.717) is 0 Å². The number of unbranched alkanes of at least 4 members (excludes halogenated alkanes) is 2.